The van der Waals surface area contributed by atoms with Crippen molar-refractivity contribution in [2.75, 3.05) is 11.1 Å². The van der Waals surface area contributed by atoms with Gasteiger partial charge >= 0.3 is 0 Å². The summed E-state index contributed by atoms with van der Waals surface area (Å²) in [5.41, 5.74) is 5.39. The van der Waals surface area contributed by atoms with Crippen LogP contribution in [0.3, 0.4) is 0 Å². The molecule has 0 radical (unpaired) electrons. The zero-order valence-corrected chi connectivity index (χ0v) is 8.86. The lowest BCUT2D eigenvalue weighted by Crippen LogP contribution is -2.29. The Bertz CT molecular complexity index is 366. The van der Waals surface area contributed by atoms with E-state index >= 15 is 0 Å². The summed E-state index contributed by atoms with van der Waals surface area (Å²) in [4.78, 5) is 7.36. The molecule has 0 saturated heterocycles. The molecule has 5 nitrogen and oxygen atoms in total. The summed E-state index contributed by atoms with van der Waals surface area (Å²) in [6.45, 7) is 0. The summed E-state index contributed by atoms with van der Waals surface area (Å²) in [6.07, 6.45) is 3.93. The molecule has 0 spiro atoms. The van der Waals surface area contributed by atoms with Gasteiger partial charge in [0.1, 0.15) is 0 Å². The Morgan fingerprint density at radius 2 is 2.06 bits per heavy atom. The van der Waals surface area contributed by atoms with Gasteiger partial charge in [0.25, 0.3) is 0 Å². The number of aliphatic hydroxyl groups excluding tert-OH is 1. The number of hydrogen-bond donors (Lipinski definition) is 3. The van der Waals surface area contributed by atoms with Crippen molar-refractivity contribution in [3.63, 3.8) is 0 Å². The molecule has 0 aromatic carbocycles. The number of nitrogens with zero attached hydrogens (tertiary/aromatic N) is 2. The Labute approximate surface area is 92.9 Å². The molecule has 1 aliphatic rings. The molecule has 6 heteroatoms. The smallest absolute Gasteiger partial charge is 0.222 e. The lowest BCUT2D eigenvalue weighted by atomic mass is 9.93. The summed E-state index contributed by atoms with van der Waals surface area (Å²) in [6, 6.07) is 0.146. The monoisotopic (exact) mass is 226 g/mol. The first-order chi connectivity index (χ1) is 7.65. The van der Waals surface area contributed by atoms with Crippen LogP contribution < -0.4 is 11.1 Å². The maximum Gasteiger partial charge on any atom is 0.222 e. The maximum absolute atomic E-state index is 13.3. The zero-order valence-electron chi connectivity index (χ0n) is 8.86. The predicted octanol–water partition coefficient (Wildman–Crippen LogP) is 0.913. The van der Waals surface area contributed by atoms with Crippen molar-refractivity contribution in [2.24, 2.45) is 0 Å². The molecule has 1 fully saturated rings. The van der Waals surface area contributed by atoms with Crippen LogP contribution in [-0.2, 0) is 0 Å². The third kappa shape index (κ3) is 2.57. The van der Waals surface area contributed by atoms with Crippen LogP contribution in [0.15, 0.2) is 6.20 Å². The van der Waals surface area contributed by atoms with E-state index in [1.54, 1.807) is 0 Å². The number of anilines is 2. The van der Waals surface area contributed by atoms with Gasteiger partial charge < -0.3 is 16.2 Å². The first kappa shape index (κ1) is 11.1. The minimum absolute atomic E-state index is 0.0553. The van der Waals surface area contributed by atoms with E-state index in [0.717, 1.165) is 31.9 Å². The highest BCUT2D eigenvalue weighted by molar-refractivity contribution is 5.40. The molecule has 0 unspecified atom stereocenters. The maximum atomic E-state index is 13.3. The van der Waals surface area contributed by atoms with Crippen LogP contribution in [0.4, 0.5) is 16.2 Å². The van der Waals surface area contributed by atoms with Gasteiger partial charge in [-0.1, -0.05) is 0 Å². The molecule has 16 heavy (non-hydrogen) atoms. The quantitative estimate of drug-likeness (QED) is 0.698. The third-order valence-electron chi connectivity index (χ3n) is 2.80. The zero-order chi connectivity index (χ0) is 11.5. The normalized spacial score (nSPS) is 25.4. The molecule has 1 aliphatic carbocycles. The number of nitrogens with one attached hydrogen (secondary N) is 1. The number of nitrogen functional groups attached to an aromatic ring is 1. The van der Waals surface area contributed by atoms with E-state index in [2.05, 4.69) is 15.3 Å². The number of nitrogens with two attached hydrogens (primary N) is 1. The summed E-state index contributed by atoms with van der Waals surface area (Å²) in [5, 5.41) is 12.3. The minimum Gasteiger partial charge on any atom is -0.393 e. The van der Waals surface area contributed by atoms with E-state index in [-0.39, 0.29) is 23.9 Å². The van der Waals surface area contributed by atoms with E-state index < -0.39 is 5.82 Å². The summed E-state index contributed by atoms with van der Waals surface area (Å²) < 4.78 is 13.3. The van der Waals surface area contributed by atoms with Gasteiger partial charge in [0, 0.05) is 6.04 Å². The Kier molecular flexibility index (Phi) is 3.19. The third-order valence-corrected chi connectivity index (χ3v) is 2.80. The molecule has 0 bridgehead atoms. The molecular formula is C10H15FN4O. The van der Waals surface area contributed by atoms with Crippen molar-refractivity contribution >= 4 is 11.8 Å². The van der Waals surface area contributed by atoms with Crippen molar-refractivity contribution in [3.8, 4) is 0 Å². The van der Waals surface area contributed by atoms with Gasteiger partial charge in [0.05, 0.1) is 12.3 Å². The van der Waals surface area contributed by atoms with Crippen LogP contribution in [0.25, 0.3) is 0 Å². The number of halogens is 1. The fourth-order valence-electron chi connectivity index (χ4n) is 1.90. The molecule has 2 rings (SSSR count). The van der Waals surface area contributed by atoms with Gasteiger partial charge in [-0.3, -0.25) is 0 Å². The first-order valence-corrected chi connectivity index (χ1v) is 5.38. The van der Waals surface area contributed by atoms with Gasteiger partial charge in [-0.05, 0) is 25.7 Å². The average molecular weight is 226 g/mol. The van der Waals surface area contributed by atoms with Crippen molar-refractivity contribution in [3.05, 3.63) is 12.0 Å². The molecule has 88 valence electrons. The van der Waals surface area contributed by atoms with Crippen molar-refractivity contribution in [1.29, 1.82) is 0 Å². The largest absolute Gasteiger partial charge is 0.393 e. The van der Waals surface area contributed by atoms with Crippen LogP contribution in [0, 0.1) is 5.82 Å². The van der Waals surface area contributed by atoms with Crippen LogP contribution in [0.5, 0.6) is 0 Å². The van der Waals surface area contributed by atoms with Crippen LogP contribution >= 0.6 is 0 Å². The van der Waals surface area contributed by atoms with Crippen molar-refractivity contribution < 1.29 is 9.50 Å². The lowest BCUT2D eigenvalue weighted by Gasteiger charge is -2.26. The highest BCUT2D eigenvalue weighted by Gasteiger charge is 2.20. The second kappa shape index (κ2) is 4.61. The van der Waals surface area contributed by atoms with Gasteiger partial charge in [-0.25, -0.2) is 9.37 Å². The second-order valence-corrected chi connectivity index (χ2v) is 4.07. The Balaban J connectivity index is 2.00. The van der Waals surface area contributed by atoms with Crippen LogP contribution in [0.1, 0.15) is 25.7 Å². The molecule has 0 aliphatic heterocycles. The summed E-state index contributed by atoms with van der Waals surface area (Å²) >= 11 is 0. The van der Waals surface area contributed by atoms with Gasteiger partial charge in [0.2, 0.25) is 5.95 Å². The lowest BCUT2D eigenvalue weighted by molar-refractivity contribution is 0.126. The van der Waals surface area contributed by atoms with Gasteiger partial charge in [-0.2, -0.15) is 4.98 Å². The highest BCUT2D eigenvalue weighted by atomic mass is 19.1. The summed E-state index contributed by atoms with van der Waals surface area (Å²) in [5.74, 6) is -0.297. The van der Waals surface area contributed by atoms with E-state index in [4.69, 9.17) is 5.73 Å². The molecule has 1 heterocycles. The number of hydrogen-bond acceptors (Lipinski definition) is 5. The SMILES string of the molecule is Nc1ncc(F)c(NC2CCC(O)CC2)n1. The van der Waals surface area contributed by atoms with Gasteiger partial charge in [-0.15, -0.1) is 0 Å². The Morgan fingerprint density at radius 1 is 1.38 bits per heavy atom. The molecule has 1 aromatic rings. The van der Waals surface area contributed by atoms with Crippen LogP contribution in [-0.4, -0.2) is 27.2 Å². The number of aromatic nitrogens is 2. The average Bonchev–Trinajstić information content (AvgIpc) is 2.27. The molecule has 1 aromatic heterocycles. The fourth-order valence-corrected chi connectivity index (χ4v) is 1.90. The number of rotatable bonds is 2. The highest BCUT2D eigenvalue weighted by Crippen LogP contribution is 2.22. The second-order valence-electron chi connectivity index (χ2n) is 4.07. The van der Waals surface area contributed by atoms with E-state index in [9.17, 15) is 9.50 Å². The topological polar surface area (TPSA) is 84.1 Å². The Morgan fingerprint density at radius 3 is 2.75 bits per heavy atom. The predicted molar refractivity (Wildman–Crippen MR) is 58.3 cm³/mol. The van der Waals surface area contributed by atoms with E-state index in [1.807, 2.05) is 0 Å². The number of aliphatic hydroxyl groups is 1. The van der Waals surface area contributed by atoms with Crippen molar-refractivity contribution in [2.45, 2.75) is 37.8 Å². The summed E-state index contributed by atoms with van der Waals surface area (Å²) in [7, 11) is 0. The molecular weight excluding hydrogens is 211 g/mol. The van der Waals surface area contributed by atoms with Crippen molar-refractivity contribution in [1.82, 2.24) is 9.97 Å². The van der Waals surface area contributed by atoms with E-state index in [0.29, 0.717) is 0 Å². The fraction of sp³-hybridized carbons (Fsp3) is 0.600. The molecule has 0 amide bonds. The Hall–Kier alpha value is -1.43. The standard InChI is InChI=1S/C10H15FN4O/c11-8-5-13-10(12)15-9(8)14-6-1-3-7(16)4-2-6/h5-7,16H,1-4H2,(H3,12,13,14,15). The molecule has 4 N–H and O–H groups in total. The first-order valence-electron chi connectivity index (χ1n) is 5.38. The van der Waals surface area contributed by atoms with E-state index in [1.165, 1.54) is 0 Å². The van der Waals surface area contributed by atoms with Gasteiger partial charge in [0.15, 0.2) is 11.6 Å². The minimum atomic E-state index is -0.500. The van der Waals surface area contributed by atoms with Crippen LogP contribution in [0.2, 0.25) is 0 Å². The molecule has 1 saturated carbocycles. The molecule has 0 atom stereocenters.